The number of ketones is 1. The van der Waals surface area contributed by atoms with Gasteiger partial charge in [0.1, 0.15) is 17.3 Å². The SMILES string of the molecule is C=C(O)c1cc(O)ccc1-n1c(C)ccc1C.CC1CC2C(=O)CC(C)(C)CC2N1C1CCCC(C(=O)O)C1.Cc1ccc(-c2ccccc2)n1-c1ccccc1C(=O)O.Cc1ccc(C)n1-c1cc(Cl)ccc1C(=O)O. The second kappa shape index (κ2) is 24.2. The van der Waals surface area contributed by atoms with E-state index in [9.17, 15) is 44.7 Å². The van der Waals surface area contributed by atoms with Crippen LogP contribution in [0.15, 0.2) is 134 Å². The third-order valence-corrected chi connectivity index (χ3v) is 15.5. The predicted octanol–water partition coefficient (Wildman–Crippen LogP) is 14.0. The summed E-state index contributed by atoms with van der Waals surface area (Å²) in [6.45, 7) is 20.0. The number of hydrogen-bond donors (Lipinski definition) is 5. The molecule has 2 saturated carbocycles. The monoisotopic (exact) mass is 1060 g/mol. The highest BCUT2D eigenvalue weighted by molar-refractivity contribution is 6.31. The second-order valence-electron chi connectivity index (χ2n) is 21.5. The van der Waals surface area contributed by atoms with Crippen LogP contribution in [0.2, 0.25) is 5.02 Å². The van der Waals surface area contributed by atoms with Gasteiger partial charge in [0.2, 0.25) is 0 Å². The van der Waals surface area contributed by atoms with Gasteiger partial charge < -0.3 is 39.2 Å². The first kappa shape index (κ1) is 57.1. The molecule has 5 unspecified atom stereocenters. The molecule has 4 heterocycles. The highest BCUT2D eigenvalue weighted by Crippen LogP contribution is 2.47. The van der Waals surface area contributed by atoms with Gasteiger partial charge in [-0.05, 0) is 170 Å². The lowest BCUT2D eigenvalue weighted by Crippen LogP contribution is -2.51. The van der Waals surface area contributed by atoms with Gasteiger partial charge in [-0.3, -0.25) is 14.5 Å². The van der Waals surface area contributed by atoms with Gasteiger partial charge >= 0.3 is 17.9 Å². The number of benzene rings is 4. The number of carbonyl (C=O) groups excluding carboxylic acids is 1. The number of phenolic OH excluding ortho intramolecular Hbond substituents is 1. The normalized spacial score (nSPS) is 19.5. The van der Waals surface area contributed by atoms with Crippen LogP contribution in [-0.2, 0) is 9.59 Å². The van der Waals surface area contributed by atoms with Gasteiger partial charge in [0, 0.05) is 69.5 Å². The maximum atomic E-state index is 12.5. The Labute approximate surface area is 456 Å². The molecule has 0 spiro atoms. The molecule has 2 aliphatic carbocycles. The van der Waals surface area contributed by atoms with E-state index in [1.54, 1.807) is 36.4 Å². The minimum Gasteiger partial charge on any atom is -0.508 e. The summed E-state index contributed by atoms with van der Waals surface area (Å²) in [6, 6.07) is 39.7. The average molecular weight is 1060 g/mol. The van der Waals surface area contributed by atoms with Crippen LogP contribution in [0.25, 0.3) is 34.1 Å². The number of aliphatic hydroxyl groups is 1. The number of rotatable bonds is 9. The smallest absolute Gasteiger partial charge is 0.337 e. The number of carboxylic acid groups (broad SMARTS) is 3. The second-order valence-corrected chi connectivity index (χ2v) is 21.9. The Hall–Kier alpha value is -7.61. The van der Waals surface area contributed by atoms with Gasteiger partial charge in [-0.1, -0.05) is 80.9 Å². The number of likely N-dealkylation sites (tertiary alicyclic amines) is 1. The Bertz CT molecular complexity index is 3250. The number of aliphatic carboxylic acids is 1. The Morgan fingerprint density at radius 3 is 1.77 bits per heavy atom. The molecule has 13 nitrogen and oxygen atoms in total. The van der Waals surface area contributed by atoms with E-state index in [2.05, 4.69) is 32.3 Å². The van der Waals surface area contributed by atoms with Crippen LogP contribution >= 0.6 is 11.6 Å². The molecule has 5 N–H and O–H groups in total. The molecule has 3 fully saturated rings. The van der Waals surface area contributed by atoms with Crippen LogP contribution in [0.4, 0.5) is 0 Å². The number of aromatic carboxylic acids is 2. The summed E-state index contributed by atoms with van der Waals surface area (Å²) in [5, 5.41) is 47.5. The minimum absolute atomic E-state index is 0.0524. The lowest BCUT2D eigenvalue weighted by atomic mass is 9.69. The van der Waals surface area contributed by atoms with E-state index in [0.29, 0.717) is 57.9 Å². The van der Waals surface area contributed by atoms with Crippen molar-refractivity contribution in [2.45, 2.75) is 118 Å². The molecule has 0 bridgehead atoms. The van der Waals surface area contributed by atoms with Crippen LogP contribution in [0, 0.1) is 51.9 Å². The summed E-state index contributed by atoms with van der Waals surface area (Å²) < 4.78 is 5.88. The number of aliphatic hydroxyl groups excluding tert-OH is 1. The molecule has 3 aromatic heterocycles. The fraction of sp³-hybridized carbons (Fsp3) is 0.333. The van der Waals surface area contributed by atoms with Crippen molar-refractivity contribution in [1.29, 1.82) is 0 Å². The average Bonchev–Trinajstić information content (AvgIpc) is 4.15. The van der Waals surface area contributed by atoms with Gasteiger partial charge in [-0.2, -0.15) is 0 Å². The van der Waals surface area contributed by atoms with E-state index in [-0.39, 0.29) is 34.3 Å². The third-order valence-electron chi connectivity index (χ3n) is 15.2. The molecule has 0 radical (unpaired) electrons. The number of carbonyl (C=O) groups is 4. The summed E-state index contributed by atoms with van der Waals surface area (Å²) in [5.41, 5.74) is 10.4. The molecule has 1 aliphatic heterocycles. The lowest BCUT2D eigenvalue weighted by molar-refractivity contribution is -0.144. The van der Waals surface area contributed by atoms with E-state index in [1.165, 1.54) is 12.1 Å². The van der Waals surface area contributed by atoms with Crippen molar-refractivity contribution in [3.8, 4) is 34.1 Å². The van der Waals surface area contributed by atoms with Crippen LogP contribution < -0.4 is 0 Å². The third kappa shape index (κ3) is 13.0. The zero-order valence-electron chi connectivity index (χ0n) is 45.2. The van der Waals surface area contributed by atoms with Crippen molar-refractivity contribution >= 4 is 41.1 Å². The van der Waals surface area contributed by atoms with E-state index in [0.717, 1.165) is 83.9 Å². The molecule has 77 heavy (non-hydrogen) atoms. The van der Waals surface area contributed by atoms with Gasteiger partial charge in [-0.25, -0.2) is 9.59 Å². The number of Topliss-reactive ketones (excluding diaryl/α,β-unsaturated/α-hetero) is 1. The van der Waals surface area contributed by atoms with Gasteiger partial charge in [0.15, 0.2) is 0 Å². The molecule has 0 amide bonds. The maximum absolute atomic E-state index is 12.5. The first-order valence-electron chi connectivity index (χ1n) is 26.1. The number of carboxylic acids is 3. The van der Waals surface area contributed by atoms with Crippen molar-refractivity contribution in [1.82, 2.24) is 18.6 Å². The molecule has 10 rings (SSSR count). The molecular formula is C63H71ClN4O9. The van der Waals surface area contributed by atoms with Crippen molar-refractivity contribution in [3.63, 3.8) is 0 Å². The van der Waals surface area contributed by atoms with Crippen LogP contribution in [0.1, 0.15) is 120 Å². The first-order chi connectivity index (χ1) is 36.5. The number of fused-ring (bicyclic) bond motifs is 1. The topological polar surface area (TPSA) is 187 Å². The lowest BCUT2D eigenvalue weighted by Gasteiger charge is -2.45. The molecule has 404 valence electrons. The van der Waals surface area contributed by atoms with Crippen LogP contribution in [0.3, 0.4) is 0 Å². The standard InChI is InChI=1S/C18H29NO3.C18H15NO2.C14H15NO2.C13H12ClNO2/c1-11-7-14-15(9-18(2,3)10-16(14)20)19(11)13-6-4-5-12(8-13)17(21)22;1-13-11-12-16(14-7-3-2-4-8-14)19(13)17-10-6-5-9-15(17)18(20)21;1-9-4-5-10(2)15(9)14-7-6-12(17)8-13(14)11(3)16;1-8-3-4-9(2)15(8)12-7-10(14)5-6-11(12)13(16)17/h11-15H,4-10H2,1-3H3,(H,21,22);2-12H,1H3,(H,20,21);4-8,16-17H,3H2,1-2H3;3-7H,1-2H3,(H,16,17). The number of para-hydroxylation sites is 1. The maximum Gasteiger partial charge on any atom is 0.337 e. The van der Waals surface area contributed by atoms with Crippen molar-refractivity contribution in [2.24, 2.45) is 17.3 Å². The van der Waals surface area contributed by atoms with Gasteiger partial charge in [0.05, 0.1) is 39.8 Å². The summed E-state index contributed by atoms with van der Waals surface area (Å²) in [6.07, 6.45) is 6.41. The Morgan fingerprint density at radius 2 is 1.17 bits per heavy atom. The molecular weight excluding hydrogens is 992 g/mol. The number of halogens is 1. The fourth-order valence-electron chi connectivity index (χ4n) is 11.8. The number of aromatic hydroxyl groups is 1. The van der Waals surface area contributed by atoms with Crippen LogP contribution in [-0.4, -0.2) is 86.0 Å². The quantitative estimate of drug-likeness (QED) is 0.0871. The van der Waals surface area contributed by atoms with E-state index >= 15 is 0 Å². The van der Waals surface area contributed by atoms with E-state index in [4.69, 9.17) is 11.6 Å². The molecule has 7 aromatic rings. The number of hydrogen-bond acceptors (Lipinski definition) is 7. The van der Waals surface area contributed by atoms with Crippen molar-refractivity contribution in [2.75, 3.05) is 0 Å². The zero-order valence-corrected chi connectivity index (χ0v) is 46.0. The first-order valence-corrected chi connectivity index (χ1v) is 26.5. The Morgan fingerprint density at radius 1 is 0.623 bits per heavy atom. The molecule has 14 heteroatoms. The van der Waals surface area contributed by atoms with E-state index < -0.39 is 17.9 Å². The summed E-state index contributed by atoms with van der Waals surface area (Å²) in [4.78, 5) is 49.1. The molecule has 3 aliphatic rings. The minimum atomic E-state index is -0.954. The summed E-state index contributed by atoms with van der Waals surface area (Å²) in [7, 11) is 0. The van der Waals surface area contributed by atoms with Gasteiger partial charge in [0.25, 0.3) is 0 Å². The van der Waals surface area contributed by atoms with Crippen molar-refractivity contribution in [3.05, 3.63) is 184 Å². The largest absolute Gasteiger partial charge is 0.508 e. The molecule has 5 atom stereocenters. The number of phenols is 1. The highest BCUT2D eigenvalue weighted by atomic mass is 35.5. The van der Waals surface area contributed by atoms with Gasteiger partial charge in [-0.15, -0.1) is 0 Å². The Balaban J connectivity index is 0.000000150. The summed E-state index contributed by atoms with van der Waals surface area (Å²) in [5.74, 6) is -2.04. The van der Waals surface area contributed by atoms with Crippen LogP contribution in [0.5, 0.6) is 5.75 Å². The number of aromatic nitrogens is 3. The molecule has 1 saturated heterocycles. The Kier molecular flexibility index (Phi) is 17.9. The van der Waals surface area contributed by atoms with Crippen molar-refractivity contribution < 1.29 is 44.7 Å². The number of aryl methyl sites for hydroxylation is 5. The predicted molar refractivity (Wildman–Crippen MR) is 303 cm³/mol. The highest BCUT2D eigenvalue weighted by Gasteiger charge is 2.51. The fourth-order valence-corrected chi connectivity index (χ4v) is 11.9. The number of nitrogens with zero attached hydrogens (tertiary/aromatic N) is 4. The summed E-state index contributed by atoms with van der Waals surface area (Å²) >= 11 is 5.94. The zero-order chi connectivity index (χ0) is 56.0. The molecule has 4 aromatic carbocycles. The van der Waals surface area contributed by atoms with E-state index in [1.807, 2.05) is 127 Å².